The van der Waals surface area contributed by atoms with Crippen LogP contribution in [0.2, 0.25) is 0 Å². The first-order valence-electron chi connectivity index (χ1n) is 4.59. The third-order valence-corrected chi connectivity index (χ3v) is 1.98. The SMILES string of the molecule is C#CC(=O)/C=C/c1ccc(N(C)C)cc1. The summed E-state index contributed by atoms with van der Waals surface area (Å²) >= 11 is 0. The number of carbonyl (C=O) groups excluding carboxylic acids is 1. The van der Waals surface area contributed by atoms with E-state index in [1.807, 2.05) is 49.2 Å². The molecule has 1 aromatic rings. The standard InChI is InChI=1S/C13H13NO/c1-4-13(15)10-7-11-5-8-12(9-6-11)14(2)3/h1,5-10H,2-3H3/b10-7+. The number of hydrogen-bond acceptors (Lipinski definition) is 2. The van der Waals surface area contributed by atoms with Gasteiger partial charge in [0.2, 0.25) is 5.78 Å². The fourth-order valence-corrected chi connectivity index (χ4v) is 1.10. The molecule has 76 valence electrons. The minimum absolute atomic E-state index is 0.313. The molecule has 2 nitrogen and oxygen atoms in total. The van der Waals surface area contributed by atoms with E-state index in [1.165, 1.54) is 6.08 Å². The number of carbonyl (C=O) groups is 1. The van der Waals surface area contributed by atoms with Crippen molar-refractivity contribution in [1.29, 1.82) is 0 Å². The van der Waals surface area contributed by atoms with Gasteiger partial charge in [0.05, 0.1) is 0 Å². The molecule has 1 aromatic carbocycles. The summed E-state index contributed by atoms with van der Waals surface area (Å²) in [5.74, 6) is 1.72. The van der Waals surface area contributed by atoms with Gasteiger partial charge in [0.15, 0.2) is 0 Å². The van der Waals surface area contributed by atoms with Crippen molar-refractivity contribution >= 4 is 17.5 Å². The highest BCUT2D eigenvalue weighted by atomic mass is 16.1. The number of hydrogen-bond donors (Lipinski definition) is 0. The molecule has 0 unspecified atom stereocenters. The molecule has 0 fully saturated rings. The van der Waals surface area contributed by atoms with Crippen LogP contribution in [-0.4, -0.2) is 19.9 Å². The molecular weight excluding hydrogens is 186 g/mol. The van der Waals surface area contributed by atoms with Crippen molar-refractivity contribution in [2.75, 3.05) is 19.0 Å². The van der Waals surface area contributed by atoms with Crippen LogP contribution in [-0.2, 0) is 4.79 Å². The summed E-state index contributed by atoms with van der Waals surface area (Å²) in [4.78, 5) is 12.8. The van der Waals surface area contributed by atoms with E-state index in [0.29, 0.717) is 0 Å². The first-order valence-corrected chi connectivity index (χ1v) is 4.59. The Kier molecular flexibility index (Phi) is 3.70. The van der Waals surface area contributed by atoms with Gasteiger partial charge < -0.3 is 4.90 Å². The Morgan fingerprint density at radius 2 is 1.93 bits per heavy atom. The Balaban J connectivity index is 2.78. The summed E-state index contributed by atoms with van der Waals surface area (Å²) in [7, 11) is 3.96. The van der Waals surface area contributed by atoms with E-state index in [0.717, 1.165) is 11.3 Å². The Morgan fingerprint density at radius 3 is 2.40 bits per heavy atom. The Morgan fingerprint density at radius 1 is 1.33 bits per heavy atom. The molecule has 2 heteroatoms. The van der Waals surface area contributed by atoms with Crippen LogP contribution < -0.4 is 4.90 Å². The van der Waals surface area contributed by atoms with Gasteiger partial charge in [-0.1, -0.05) is 18.2 Å². The van der Waals surface area contributed by atoms with E-state index in [4.69, 9.17) is 6.42 Å². The molecule has 0 saturated heterocycles. The third kappa shape index (κ3) is 3.32. The van der Waals surface area contributed by atoms with Crippen molar-refractivity contribution in [3.8, 4) is 12.3 Å². The lowest BCUT2D eigenvalue weighted by molar-refractivity contribution is -0.109. The lowest BCUT2D eigenvalue weighted by Gasteiger charge is -2.11. The average Bonchev–Trinajstić information content (AvgIpc) is 2.26. The fourth-order valence-electron chi connectivity index (χ4n) is 1.10. The molecule has 15 heavy (non-hydrogen) atoms. The molecule has 0 N–H and O–H groups in total. The molecule has 0 atom stereocenters. The minimum atomic E-state index is -0.313. The summed E-state index contributed by atoms with van der Waals surface area (Å²) in [5.41, 5.74) is 2.08. The zero-order valence-electron chi connectivity index (χ0n) is 8.90. The lowest BCUT2D eigenvalue weighted by atomic mass is 10.2. The van der Waals surface area contributed by atoms with Crippen molar-refractivity contribution in [3.05, 3.63) is 35.9 Å². The normalized spacial score (nSPS) is 9.93. The second-order valence-corrected chi connectivity index (χ2v) is 3.33. The first-order chi connectivity index (χ1) is 7.13. The summed E-state index contributed by atoms with van der Waals surface area (Å²) < 4.78 is 0. The van der Waals surface area contributed by atoms with Crippen LogP contribution >= 0.6 is 0 Å². The van der Waals surface area contributed by atoms with Crippen molar-refractivity contribution < 1.29 is 4.79 Å². The van der Waals surface area contributed by atoms with Crippen molar-refractivity contribution in [2.24, 2.45) is 0 Å². The number of ketones is 1. The van der Waals surface area contributed by atoms with E-state index in [-0.39, 0.29) is 5.78 Å². The van der Waals surface area contributed by atoms with Crippen molar-refractivity contribution in [2.45, 2.75) is 0 Å². The molecule has 1 rings (SSSR count). The van der Waals surface area contributed by atoms with Gasteiger partial charge >= 0.3 is 0 Å². The van der Waals surface area contributed by atoms with E-state index < -0.39 is 0 Å². The maximum atomic E-state index is 10.8. The highest BCUT2D eigenvalue weighted by Gasteiger charge is 1.94. The zero-order valence-corrected chi connectivity index (χ0v) is 8.90. The number of anilines is 1. The van der Waals surface area contributed by atoms with E-state index in [1.54, 1.807) is 6.08 Å². The van der Waals surface area contributed by atoms with Gasteiger partial charge in [0.1, 0.15) is 0 Å². The summed E-state index contributed by atoms with van der Waals surface area (Å²) in [5, 5.41) is 0. The van der Waals surface area contributed by atoms with Gasteiger partial charge in [0.25, 0.3) is 0 Å². The maximum absolute atomic E-state index is 10.8. The highest BCUT2D eigenvalue weighted by molar-refractivity contribution is 6.06. The van der Waals surface area contributed by atoms with Crippen molar-refractivity contribution in [1.82, 2.24) is 0 Å². The van der Waals surface area contributed by atoms with E-state index >= 15 is 0 Å². The summed E-state index contributed by atoms with van der Waals surface area (Å²) in [6, 6.07) is 7.85. The molecule has 0 aliphatic rings. The second-order valence-electron chi connectivity index (χ2n) is 3.33. The molecule has 0 spiro atoms. The molecule has 0 aliphatic carbocycles. The van der Waals surface area contributed by atoms with Gasteiger partial charge in [-0.05, 0) is 29.7 Å². The Hall–Kier alpha value is -2.01. The number of benzene rings is 1. The monoisotopic (exact) mass is 199 g/mol. The van der Waals surface area contributed by atoms with Gasteiger partial charge in [-0.2, -0.15) is 0 Å². The molecule has 0 aliphatic heterocycles. The van der Waals surface area contributed by atoms with Crippen LogP contribution in [0.25, 0.3) is 6.08 Å². The van der Waals surface area contributed by atoms with Crippen LogP contribution in [0.15, 0.2) is 30.3 Å². The summed E-state index contributed by atoms with van der Waals surface area (Å²) in [6.45, 7) is 0. The second kappa shape index (κ2) is 5.02. The third-order valence-electron chi connectivity index (χ3n) is 1.98. The average molecular weight is 199 g/mol. The molecule has 0 amide bonds. The quantitative estimate of drug-likeness (QED) is 0.421. The molecule has 0 heterocycles. The first kappa shape index (κ1) is 11.1. The molecule has 0 saturated carbocycles. The minimum Gasteiger partial charge on any atom is -0.378 e. The van der Waals surface area contributed by atoms with E-state index in [9.17, 15) is 4.79 Å². The van der Waals surface area contributed by atoms with Gasteiger partial charge in [-0.3, -0.25) is 4.79 Å². The molecule has 0 aromatic heterocycles. The van der Waals surface area contributed by atoms with Gasteiger partial charge in [0, 0.05) is 19.8 Å². The van der Waals surface area contributed by atoms with Gasteiger partial charge in [-0.25, -0.2) is 0 Å². The number of nitrogens with zero attached hydrogens (tertiary/aromatic N) is 1. The Bertz CT molecular complexity index is 407. The van der Waals surface area contributed by atoms with E-state index in [2.05, 4.69) is 0 Å². The maximum Gasteiger partial charge on any atom is 0.228 e. The van der Waals surface area contributed by atoms with Crippen LogP contribution in [0, 0.1) is 12.3 Å². The number of allylic oxidation sites excluding steroid dienone is 1. The number of terminal acetylenes is 1. The highest BCUT2D eigenvalue weighted by Crippen LogP contribution is 2.12. The zero-order chi connectivity index (χ0) is 11.3. The summed E-state index contributed by atoms with van der Waals surface area (Å²) in [6.07, 6.45) is 8.05. The fraction of sp³-hybridized carbons (Fsp3) is 0.154. The molecular formula is C13H13NO. The van der Waals surface area contributed by atoms with Crippen molar-refractivity contribution in [3.63, 3.8) is 0 Å². The smallest absolute Gasteiger partial charge is 0.228 e. The lowest BCUT2D eigenvalue weighted by Crippen LogP contribution is -2.07. The van der Waals surface area contributed by atoms with Crippen LogP contribution in [0.4, 0.5) is 5.69 Å². The van der Waals surface area contributed by atoms with Gasteiger partial charge in [-0.15, -0.1) is 6.42 Å². The predicted molar refractivity (Wildman–Crippen MR) is 63.6 cm³/mol. The topological polar surface area (TPSA) is 20.3 Å². The molecule has 0 radical (unpaired) electrons. The van der Waals surface area contributed by atoms with Crippen LogP contribution in [0.1, 0.15) is 5.56 Å². The largest absolute Gasteiger partial charge is 0.378 e. The van der Waals surface area contributed by atoms with Crippen LogP contribution in [0.3, 0.4) is 0 Å². The molecule has 0 bridgehead atoms. The Labute approximate surface area is 90.2 Å². The predicted octanol–water partition coefficient (Wildman–Crippen LogP) is 1.97. The van der Waals surface area contributed by atoms with Crippen LogP contribution in [0.5, 0.6) is 0 Å². The number of rotatable bonds is 3.